The van der Waals surface area contributed by atoms with Crippen molar-refractivity contribution in [3.05, 3.63) is 35.4 Å². The van der Waals surface area contributed by atoms with E-state index < -0.39 is 23.8 Å². The minimum Gasteiger partial charge on any atom is -0.493 e. The molecule has 2 aromatic rings. The van der Waals surface area contributed by atoms with Crippen LogP contribution in [0.25, 0.3) is 0 Å². The standard InChI is InChI=1S/C26H31NO12/c1-15(28)38-23-19(32-3)11-17(12-20(23)33-4)25(30)27-7-8-36-9-10-37-26(31)18-13-21(34-5)24(39-16(2)29)22(14-18)35-6/h11-14H,7-10H2,1-6H3,(H,27,30). The van der Waals surface area contributed by atoms with Gasteiger partial charge in [0.1, 0.15) is 6.61 Å². The third kappa shape index (κ3) is 8.78. The number of rotatable bonds is 14. The fraction of sp³-hybridized carbons (Fsp3) is 0.385. The van der Waals surface area contributed by atoms with Crippen molar-refractivity contribution >= 4 is 23.8 Å². The van der Waals surface area contributed by atoms with Gasteiger partial charge in [-0.15, -0.1) is 0 Å². The number of ether oxygens (including phenoxy) is 8. The van der Waals surface area contributed by atoms with Gasteiger partial charge in [0.2, 0.25) is 11.5 Å². The minimum atomic E-state index is -0.669. The Bertz CT molecular complexity index is 1050. The molecule has 0 atom stereocenters. The van der Waals surface area contributed by atoms with Crippen molar-refractivity contribution in [2.45, 2.75) is 13.8 Å². The molecule has 39 heavy (non-hydrogen) atoms. The van der Waals surface area contributed by atoms with Crippen LogP contribution >= 0.6 is 0 Å². The molecule has 0 fully saturated rings. The van der Waals surface area contributed by atoms with E-state index >= 15 is 0 Å². The molecule has 0 aliphatic carbocycles. The number of benzene rings is 2. The summed E-state index contributed by atoms with van der Waals surface area (Å²) in [7, 11) is 5.45. The van der Waals surface area contributed by atoms with Crippen LogP contribution in [-0.2, 0) is 19.1 Å². The Morgan fingerprint density at radius 3 is 1.49 bits per heavy atom. The Kier molecular flexibility index (Phi) is 11.8. The summed E-state index contributed by atoms with van der Waals surface area (Å²) in [5, 5.41) is 2.68. The highest BCUT2D eigenvalue weighted by atomic mass is 16.6. The third-order valence-corrected chi connectivity index (χ3v) is 4.90. The zero-order valence-electron chi connectivity index (χ0n) is 22.5. The van der Waals surface area contributed by atoms with Crippen LogP contribution in [0, 0.1) is 0 Å². The number of hydrogen-bond acceptors (Lipinski definition) is 12. The van der Waals surface area contributed by atoms with E-state index in [1.807, 2.05) is 0 Å². The Morgan fingerprint density at radius 2 is 1.08 bits per heavy atom. The van der Waals surface area contributed by atoms with Gasteiger partial charge in [-0.05, 0) is 24.3 Å². The predicted molar refractivity (Wildman–Crippen MR) is 135 cm³/mol. The molecule has 0 saturated carbocycles. The zero-order chi connectivity index (χ0) is 28.9. The van der Waals surface area contributed by atoms with Crippen LogP contribution in [0.3, 0.4) is 0 Å². The number of methoxy groups -OCH3 is 4. The number of nitrogens with one attached hydrogen (secondary N) is 1. The molecule has 1 N–H and O–H groups in total. The van der Waals surface area contributed by atoms with Gasteiger partial charge in [0.15, 0.2) is 23.0 Å². The number of amides is 1. The topological polar surface area (TPSA) is 154 Å². The van der Waals surface area contributed by atoms with Crippen LogP contribution in [0.5, 0.6) is 34.5 Å². The first-order valence-electron chi connectivity index (χ1n) is 11.6. The fourth-order valence-corrected chi connectivity index (χ4v) is 3.21. The number of carbonyl (C=O) groups excluding carboxylic acids is 4. The van der Waals surface area contributed by atoms with Crippen molar-refractivity contribution in [2.24, 2.45) is 0 Å². The highest BCUT2D eigenvalue weighted by molar-refractivity contribution is 5.96. The Labute approximate surface area is 225 Å². The predicted octanol–water partition coefficient (Wildman–Crippen LogP) is 2.17. The van der Waals surface area contributed by atoms with Crippen molar-refractivity contribution in [1.29, 1.82) is 0 Å². The third-order valence-electron chi connectivity index (χ3n) is 4.90. The van der Waals surface area contributed by atoms with Crippen LogP contribution in [0.4, 0.5) is 0 Å². The maximum Gasteiger partial charge on any atom is 0.338 e. The molecule has 212 valence electrons. The number of esters is 3. The summed E-state index contributed by atoms with van der Waals surface area (Å²) in [6, 6.07) is 5.56. The molecule has 0 bridgehead atoms. The normalized spacial score (nSPS) is 10.2. The van der Waals surface area contributed by atoms with E-state index in [0.29, 0.717) is 0 Å². The van der Waals surface area contributed by atoms with Crippen LogP contribution in [0.1, 0.15) is 34.6 Å². The zero-order valence-corrected chi connectivity index (χ0v) is 22.5. The van der Waals surface area contributed by atoms with Crippen molar-refractivity contribution in [1.82, 2.24) is 5.32 Å². The molecular formula is C26H31NO12. The lowest BCUT2D eigenvalue weighted by atomic mass is 10.1. The Hall–Kier alpha value is -4.52. The van der Waals surface area contributed by atoms with Gasteiger partial charge in [0, 0.05) is 26.0 Å². The lowest BCUT2D eigenvalue weighted by Crippen LogP contribution is -2.27. The molecule has 0 heterocycles. The summed E-state index contributed by atoms with van der Waals surface area (Å²) in [6.45, 7) is 2.77. The van der Waals surface area contributed by atoms with Gasteiger partial charge in [-0.3, -0.25) is 14.4 Å². The molecule has 2 aromatic carbocycles. The smallest absolute Gasteiger partial charge is 0.338 e. The SMILES string of the molecule is COc1cc(C(=O)NCCOCCOC(=O)c2cc(OC)c(OC(C)=O)c(OC)c2)cc(OC)c1OC(C)=O. The van der Waals surface area contributed by atoms with E-state index in [-0.39, 0.29) is 72.0 Å². The van der Waals surface area contributed by atoms with Crippen molar-refractivity contribution in [3.63, 3.8) is 0 Å². The van der Waals surface area contributed by atoms with Gasteiger partial charge in [-0.1, -0.05) is 0 Å². The molecule has 1 amide bonds. The highest BCUT2D eigenvalue weighted by Gasteiger charge is 2.21. The van der Waals surface area contributed by atoms with Gasteiger partial charge in [0.05, 0.1) is 47.2 Å². The molecular weight excluding hydrogens is 518 g/mol. The Balaban J connectivity index is 1.84. The highest BCUT2D eigenvalue weighted by Crippen LogP contribution is 2.39. The van der Waals surface area contributed by atoms with Gasteiger partial charge in [0.25, 0.3) is 5.91 Å². The molecule has 0 aromatic heterocycles. The van der Waals surface area contributed by atoms with E-state index in [2.05, 4.69) is 5.32 Å². The molecule has 0 aliphatic heterocycles. The van der Waals surface area contributed by atoms with E-state index in [4.69, 9.17) is 37.9 Å². The second kappa shape index (κ2) is 15.0. The second-order valence-corrected chi connectivity index (χ2v) is 7.61. The molecule has 0 spiro atoms. The van der Waals surface area contributed by atoms with Crippen molar-refractivity contribution < 1.29 is 57.1 Å². The maximum atomic E-state index is 12.5. The average Bonchev–Trinajstić information content (AvgIpc) is 2.91. The lowest BCUT2D eigenvalue weighted by Gasteiger charge is -2.14. The average molecular weight is 550 g/mol. The lowest BCUT2D eigenvalue weighted by molar-refractivity contribution is -0.133. The largest absolute Gasteiger partial charge is 0.493 e. The monoisotopic (exact) mass is 549 g/mol. The molecule has 0 unspecified atom stereocenters. The van der Waals surface area contributed by atoms with E-state index in [1.165, 1.54) is 66.6 Å². The van der Waals surface area contributed by atoms with Crippen LogP contribution in [0.2, 0.25) is 0 Å². The van der Waals surface area contributed by atoms with E-state index in [9.17, 15) is 19.2 Å². The summed E-state index contributed by atoms with van der Waals surface area (Å²) >= 11 is 0. The summed E-state index contributed by atoms with van der Waals surface area (Å²) in [5.41, 5.74) is 0.344. The molecule has 13 heteroatoms. The fourth-order valence-electron chi connectivity index (χ4n) is 3.21. The Morgan fingerprint density at radius 1 is 0.641 bits per heavy atom. The van der Waals surface area contributed by atoms with Crippen molar-refractivity contribution in [3.8, 4) is 34.5 Å². The summed E-state index contributed by atoms with van der Waals surface area (Å²) in [5.74, 6) is -1.57. The summed E-state index contributed by atoms with van der Waals surface area (Å²) in [4.78, 5) is 47.7. The van der Waals surface area contributed by atoms with Gasteiger partial charge >= 0.3 is 17.9 Å². The number of hydrogen-bond donors (Lipinski definition) is 1. The molecule has 0 saturated heterocycles. The van der Waals surface area contributed by atoms with Crippen LogP contribution in [-0.4, -0.2) is 78.6 Å². The molecule has 0 radical (unpaired) electrons. The molecule has 13 nitrogen and oxygen atoms in total. The van der Waals surface area contributed by atoms with Crippen molar-refractivity contribution in [2.75, 3.05) is 54.8 Å². The van der Waals surface area contributed by atoms with Gasteiger partial charge in [-0.25, -0.2) is 4.79 Å². The maximum absolute atomic E-state index is 12.5. The summed E-state index contributed by atoms with van der Waals surface area (Å²) in [6.07, 6.45) is 0. The van der Waals surface area contributed by atoms with Crippen LogP contribution in [0.15, 0.2) is 24.3 Å². The first-order valence-corrected chi connectivity index (χ1v) is 11.6. The molecule has 2 rings (SSSR count). The minimum absolute atomic E-state index is 0.0478. The quantitative estimate of drug-likeness (QED) is 0.209. The van der Waals surface area contributed by atoms with Gasteiger partial charge in [-0.2, -0.15) is 0 Å². The van der Waals surface area contributed by atoms with Gasteiger partial charge < -0.3 is 43.2 Å². The van der Waals surface area contributed by atoms with E-state index in [1.54, 1.807) is 0 Å². The number of carbonyl (C=O) groups is 4. The van der Waals surface area contributed by atoms with Crippen LogP contribution < -0.4 is 33.7 Å². The molecule has 0 aliphatic rings. The first kappa shape index (κ1) is 30.7. The second-order valence-electron chi connectivity index (χ2n) is 7.61. The first-order chi connectivity index (χ1) is 18.6. The van der Waals surface area contributed by atoms with E-state index in [0.717, 1.165) is 0 Å². The summed E-state index contributed by atoms with van der Waals surface area (Å²) < 4.78 is 41.6.